The molecule has 0 bridgehead atoms. The molecule has 0 spiro atoms. The number of benzene rings is 7. The van der Waals surface area contributed by atoms with Gasteiger partial charge >= 0.3 is 0 Å². The van der Waals surface area contributed by atoms with Crippen molar-refractivity contribution in [2.24, 2.45) is 0 Å². The summed E-state index contributed by atoms with van der Waals surface area (Å²) in [5.74, 6) is 1.91. The van der Waals surface area contributed by atoms with E-state index in [9.17, 15) is 0 Å². The van der Waals surface area contributed by atoms with Gasteiger partial charge < -0.3 is 0 Å². The van der Waals surface area contributed by atoms with Crippen LogP contribution in [0.1, 0.15) is 0 Å². The zero-order valence-electron chi connectivity index (χ0n) is 26.0. The molecule has 9 rings (SSSR count). The minimum atomic E-state index is 0.631. The summed E-state index contributed by atoms with van der Waals surface area (Å²) in [6.07, 6.45) is 3.62. The zero-order valence-corrected chi connectivity index (χ0v) is 26.0. The predicted molar refractivity (Wildman–Crippen MR) is 197 cm³/mol. The van der Waals surface area contributed by atoms with Crippen LogP contribution in [-0.4, -0.2) is 19.9 Å². The van der Waals surface area contributed by atoms with E-state index in [4.69, 9.17) is 15.0 Å². The van der Waals surface area contributed by atoms with Crippen molar-refractivity contribution < 1.29 is 0 Å². The molecule has 0 unspecified atom stereocenters. The molecule has 4 heteroatoms. The largest absolute Gasteiger partial charge is 0.265 e. The third-order valence-electron chi connectivity index (χ3n) is 9.00. The van der Waals surface area contributed by atoms with Crippen LogP contribution in [0.4, 0.5) is 0 Å². The SMILES string of the molecule is c1ccc(-c2nc(-c3ccc(-c4cc5ccc6ccccc6c5c5ccccc45)cc3)nc(-c3cccc(-c4ccncc4)c3)n2)cc1. The summed E-state index contributed by atoms with van der Waals surface area (Å²) in [5, 5.41) is 7.55. The lowest BCUT2D eigenvalue weighted by molar-refractivity contribution is 1.07. The molecule has 0 fully saturated rings. The van der Waals surface area contributed by atoms with Crippen molar-refractivity contribution in [1.82, 2.24) is 19.9 Å². The summed E-state index contributed by atoms with van der Waals surface area (Å²) in [6, 6.07) is 55.2. The normalized spacial score (nSPS) is 11.3. The molecular formula is C44H28N4. The van der Waals surface area contributed by atoms with Crippen LogP contribution < -0.4 is 0 Å². The first-order valence-corrected chi connectivity index (χ1v) is 16.0. The number of hydrogen-bond donors (Lipinski definition) is 0. The Balaban J connectivity index is 1.16. The fourth-order valence-corrected chi connectivity index (χ4v) is 6.65. The first-order chi connectivity index (χ1) is 23.8. The number of nitrogens with zero attached hydrogens (tertiary/aromatic N) is 4. The highest BCUT2D eigenvalue weighted by Crippen LogP contribution is 2.39. The van der Waals surface area contributed by atoms with Gasteiger partial charge in [-0.3, -0.25) is 4.98 Å². The lowest BCUT2D eigenvalue weighted by Gasteiger charge is -2.14. The van der Waals surface area contributed by atoms with Gasteiger partial charge in [-0.1, -0.05) is 133 Å². The minimum Gasteiger partial charge on any atom is -0.265 e. The Morgan fingerprint density at radius 1 is 0.312 bits per heavy atom. The quantitative estimate of drug-likeness (QED) is 0.181. The molecule has 0 aliphatic carbocycles. The van der Waals surface area contributed by atoms with Gasteiger partial charge in [0, 0.05) is 29.1 Å². The molecule has 0 saturated carbocycles. The van der Waals surface area contributed by atoms with Gasteiger partial charge in [-0.05, 0) is 78.8 Å². The molecule has 0 N–H and O–H groups in total. The van der Waals surface area contributed by atoms with Crippen LogP contribution in [0.25, 0.3) is 88.7 Å². The van der Waals surface area contributed by atoms with Crippen LogP contribution >= 0.6 is 0 Å². The molecule has 0 aliphatic rings. The smallest absolute Gasteiger partial charge is 0.164 e. The summed E-state index contributed by atoms with van der Waals surface area (Å²) < 4.78 is 0. The second kappa shape index (κ2) is 11.7. The minimum absolute atomic E-state index is 0.631. The number of pyridine rings is 1. The van der Waals surface area contributed by atoms with E-state index in [0.29, 0.717) is 17.5 Å². The van der Waals surface area contributed by atoms with Crippen LogP contribution in [0, 0.1) is 0 Å². The van der Waals surface area contributed by atoms with Crippen LogP contribution in [0.5, 0.6) is 0 Å². The van der Waals surface area contributed by atoms with Crippen LogP contribution in [-0.2, 0) is 0 Å². The predicted octanol–water partition coefficient (Wildman–Crippen LogP) is 11.1. The van der Waals surface area contributed by atoms with Gasteiger partial charge in [0.2, 0.25) is 0 Å². The summed E-state index contributed by atoms with van der Waals surface area (Å²) in [4.78, 5) is 19.1. The van der Waals surface area contributed by atoms with Crippen molar-refractivity contribution in [3.05, 3.63) is 170 Å². The first-order valence-electron chi connectivity index (χ1n) is 16.0. The van der Waals surface area contributed by atoms with Crippen LogP contribution in [0.15, 0.2) is 170 Å². The molecule has 48 heavy (non-hydrogen) atoms. The number of fused-ring (bicyclic) bond motifs is 5. The average Bonchev–Trinajstić information content (AvgIpc) is 3.18. The lowest BCUT2D eigenvalue weighted by atomic mass is 9.90. The Kier molecular flexibility index (Phi) is 6.76. The first kappa shape index (κ1) is 27.8. The molecule has 0 aliphatic heterocycles. The van der Waals surface area contributed by atoms with E-state index in [1.165, 1.54) is 37.9 Å². The molecule has 2 heterocycles. The van der Waals surface area contributed by atoms with Gasteiger partial charge in [0.25, 0.3) is 0 Å². The van der Waals surface area contributed by atoms with Crippen LogP contribution in [0.2, 0.25) is 0 Å². The molecule has 7 aromatic carbocycles. The van der Waals surface area contributed by atoms with Crippen molar-refractivity contribution in [3.63, 3.8) is 0 Å². The fraction of sp³-hybridized carbons (Fsp3) is 0. The van der Waals surface area contributed by atoms with Crippen molar-refractivity contribution in [1.29, 1.82) is 0 Å². The van der Waals surface area contributed by atoms with Gasteiger partial charge in [0.05, 0.1) is 0 Å². The van der Waals surface area contributed by atoms with Gasteiger partial charge in [-0.2, -0.15) is 0 Å². The highest BCUT2D eigenvalue weighted by Gasteiger charge is 2.15. The fourth-order valence-electron chi connectivity index (χ4n) is 6.65. The van der Waals surface area contributed by atoms with E-state index in [2.05, 4.69) is 114 Å². The average molecular weight is 613 g/mol. The third-order valence-corrected chi connectivity index (χ3v) is 9.00. The highest BCUT2D eigenvalue weighted by molar-refractivity contribution is 6.23. The highest BCUT2D eigenvalue weighted by atomic mass is 15.0. The Morgan fingerprint density at radius 3 is 1.65 bits per heavy atom. The maximum Gasteiger partial charge on any atom is 0.164 e. The molecule has 0 saturated heterocycles. The Bertz CT molecular complexity index is 2600. The van der Waals surface area contributed by atoms with Gasteiger partial charge in [0.15, 0.2) is 17.5 Å². The maximum absolute atomic E-state index is 5.02. The second-order valence-corrected chi connectivity index (χ2v) is 11.9. The number of hydrogen-bond acceptors (Lipinski definition) is 4. The van der Waals surface area contributed by atoms with E-state index < -0.39 is 0 Å². The molecule has 0 amide bonds. The summed E-state index contributed by atoms with van der Waals surface area (Å²) in [7, 11) is 0. The number of aromatic nitrogens is 4. The van der Waals surface area contributed by atoms with Crippen LogP contribution in [0.3, 0.4) is 0 Å². The molecule has 4 nitrogen and oxygen atoms in total. The van der Waals surface area contributed by atoms with Gasteiger partial charge in [0.1, 0.15) is 0 Å². The lowest BCUT2D eigenvalue weighted by Crippen LogP contribution is -2.00. The van der Waals surface area contributed by atoms with Gasteiger partial charge in [-0.15, -0.1) is 0 Å². The van der Waals surface area contributed by atoms with E-state index in [0.717, 1.165) is 33.4 Å². The Morgan fingerprint density at radius 2 is 0.875 bits per heavy atom. The molecule has 0 radical (unpaired) electrons. The Labute approximate surface area is 278 Å². The Hall–Kier alpha value is -6.52. The van der Waals surface area contributed by atoms with E-state index in [-0.39, 0.29) is 0 Å². The zero-order chi connectivity index (χ0) is 31.9. The van der Waals surface area contributed by atoms with Gasteiger partial charge in [-0.25, -0.2) is 15.0 Å². The van der Waals surface area contributed by atoms with Crippen molar-refractivity contribution in [3.8, 4) is 56.4 Å². The maximum atomic E-state index is 5.02. The molecule has 0 atom stereocenters. The topological polar surface area (TPSA) is 51.6 Å². The van der Waals surface area contributed by atoms with E-state index in [1.807, 2.05) is 60.9 Å². The van der Waals surface area contributed by atoms with E-state index >= 15 is 0 Å². The van der Waals surface area contributed by atoms with E-state index in [1.54, 1.807) is 0 Å². The monoisotopic (exact) mass is 612 g/mol. The second-order valence-electron chi connectivity index (χ2n) is 11.9. The molecule has 9 aromatic rings. The molecular weight excluding hydrogens is 585 g/mol. The van der Waals surface area contributed by atoms with Crippen molar-refractivity contribution >= 4 is 32.3 Å². The summed E-state index contributed by atoms with van der Waals surface area (Å²) in [6.45, 7) is 0. The standard InChI is InChI=1S/C44H28N4/c1-2-10-32(11-3-1)42-46-43(48-44(47-42)36-13-8-12-34(27-36)29-23-25-45-26-24-29)33-20-17-31(18-21-33)40-28-35-22-19-30-9-4-5-14-37(30)41(35)39-16-7-6-15-38(39)40/h1-28H. The molecule has 2 aromatic heterocycles. The molecule has 224 valence electrons. The third kappa shape index (κ3) is 4.97. The summed E-state index contributed by atoms with van der Waals surface area (Å²) >= 11 is 0. The summed E-state index contributed by atoms with van der Waals surface area (Å²) in [5.41, 5.74) is 7.33. The van der Waals surface area contributed by atoms with Crippen molar-refractivity contribution in [2.45, 2.75) is 0 Å². The van der Waals surface area contributed by atoms with Crippen molar-refractivity contribution in [2.75, 3.05) is 0 Å². The number of rotatable bonds is 5.